The van der Waals surface area contributed by atoms with E-state index in [1.165, 1.54) is 6.34 Å². The van der Waals surface area contributed by atoms with Gasteiger partial charge in [-0.3, -0.25) is 0 Å². The molecule has 4 heteroatoms. The molecule has 0 radical (unpaired) electrons. The van der Waals surface area contributed by atoms with E-state index in [1.807, 2.05) is 0 Å². The van der Waals surface area contributed by atoms with E-state index >= 15 is 0 Å². The second kappa shape index (κ2) is 4.78. The highest BCUT2D eigenvalue weighted by molar-refractivity contribution is 5.78. The largest absolute Gasteiger partial charge is 0.448 e. The second-order valence-corrected chi connectivity index (χ2v) is 1.91. The maximum atomic E-state index is 10.5. The van der Waals surface area contributed by atoms with Crippen LogP contribution in [0.1, 0.15) is 6.92 Å². The van der Waals surface area contributed by atoms with Crippen LogP contribution in [-0.2, 0) is 4.74 Å². The first kappa shape index (κ1) is 8.94. The number of hydrogen-bond donors (Lipinski definition) is 0. The highest BCUT2D eigenvalue weighted by Crippen LogP contribution is 1.81. The summed E-state index contributed by atoms with van der Waals surface area (Å²) in [5.74, 6) is 0. The summed E-state index contributed by atoms with van der Waals surface area (Å²) in [5.41, 5.74) is 0. The summed E-state index contributed by atoms with van der Waals surface area (Å²) >= 11 is 0. The fourth-order valence-corrected chi connectivity index (χ4v) is 0.323. The molecule has 4 nitrogen and oxygen atoms in total. The Morgan fingerprint density at radius 2 is 2.30 bits per heavy atom. The van der Waals surface area contributed by atoms with Crippen LogP contribution in [-0.4, -0.2) is 38.0 Å². The van der Waals surface area contributed by atoms with Gasteiger partial charge in [0.1, 0.15) is 0 Å². The minimum Gasteiger partial charge on any atom is -0.448 e. The van der Waals surface area contributed by atoms with Crippen molar-refractivity contribution in [2.45, 2.75) is 6.92 Å². The van der Waals surface area contributed by atoms with E-state index < -0.39 is 6.09 Å². The quantitative estimate of drug-likeness (QED) is 0.424. The standard InChI is InChI=1S/C6H12N2O2/c1-4-10-6(9)7-5-8(2)3/h5H,4H2,1-3H3. The summed E-state index contributed by atoms with van der Waals surface area (Å²) in [6, 6.07) is 0. The molecule has 0 aliphatic rings. The van der Waals surface area contributed by atoms with Gasteiger partial charge < -0.3 is 9.64 Å². The molecule has 0 spiro atoms. The first-order valence-corrected chi connectivity index (χ1v) is 3.04. The molecule has 58 valence electrons. The number of aliphatic imine (C=N–C) groups is 1. The molecule has 10 heavy (non-hydrogen) atoms. The van der Waals surface area contributed by atoms with Gasteiger partial charge in [0.05, 0.1) is 12.9 Å². The van der Waals surface area contributed by atoms with Crippen molar-refractivity contribution in [2.75, 3.05) is 20.7 Å². The maximum absolute atomic E-state index is 10.5. The highest BCUT2D eigenvalue weighted by atomic mass is 16.5. The van der Waals surface area contributed by atoms with Gasteiger partial charge in [-0.1, -0.05) is 0 Å². The molecule has 0 aliphatic heterocycles. The molecular weight excluding hydrogens is 132 g/mol. The summed E-state index contributed by atoms with van der Waals surface area (Å²) in [7, 11) is 3.56. The molecule has 0 N–H and O–H groups in total. The molecule has 0 unspecified atom stereocenters. The van der Waals surface area contributed by atoms with Crippen molar-refractivity contribution < 1.29 is 9.53 Å². The number of nitrogens with zero attached hydrogens (tertiary/aromatic N) is 2. The Balaban J connectivity index is 3.56. The van der Waals surface area contributed by atoms with E-state index in [-0.39, 0.29) is 0 Å². The minimum absolute atomic E-state index is 0.365. The molecule has 0 aromatic rings. The molecule has 0 bridgehead atoms. The lowest BCUT2D eigenvalue weighted by molar-refractivity contribution is 0.163. The Morgan fingerprint density at radius 1 is 1.70 bits per heavy atom. The van der Waals surface area contributed by atoms with Crippen LogP contribution in [0.25, 0.3) is 0 Å². The molecule has 0 aromatic carbocycles. The van der Waals surface area contributed by atoms with E-state index in [2.05, 4.69) is 9.73 Å². The molecule has 0 fully saturated rings. The normalized spacial score (nSPS) is 9.90. The Labute approximate surface area is 60.5 Å². The molecule has 0 rings (SSSR count). The van der Waals surface area contributed by atoms with Gasteiger partial charge in [-0.2, -0.15) is 4.99 Å². The van der Waals surface area contributed by atoms with Crippen LogP contribution < -0.4 is 0 Å². The predicted octanol–water partition coefficient (Wildman–Crippen LogP) is 0.733. The number of carbonyl (C=O) groups is 1. The summed E-state index contributed by atoms with van der Waals surface area (Å²) in [4.78, 5) is 15.6. The van der Waals surface area contributed by atoms with Crippen LogP contribution in [0.5, 0.6) is 0 Å². The van der Waals surface area contributed by atoms with Crippen molar-refractivity contribution in [1.29, 1.82) is 0 Å². The van der Waals surface area contributed by atoms with Crippen LogP contribution in [0, 0.1) is 0 Å². The minimum atomic E-state index is -0.545. The van der Waals surface area contributed by atoms with Gasteiger partial charge in [-0.15, -0.1) is 0 Å². The molecular formula is C6H12N2O2. The van der Waals surface area contributed by atoms with Crippen molar-refractivity contribution in [2.24, 2.45) is 4.99 Å². The lowest BCUT2D eigenvalue weighted by atomic mass is 10.9. The molecule has 0 heterocycles. The average Bonchev–Trinajstić information content (AvgIpc) is 1.85. The predicted molar refractivity (Wildman–Crippen MR) is 39.2 cm³/mol. The summed E-state index contributed by atoms with van der Waals surface area (Å²) in [6.45, 7) is 2.10. The van der Waals surface area contributed by atoms with Crippen LogP contribution in [0.3, 0.4) is 0 Å². The summed E-state index contributed by atoms with van der Waals surface area (Å²) in [5, 5.41) is 0. The van der Waals surface area contributed by atoms with Crippen molar-refractivity contribution in [3.05, 3.63) is 0 Å². The van der Waals surface area contributed by atoms with Gasteiger partial charge >= 0.3 is 6.09 Å². The average molecular weight is 144 g/mol. The van der Waals surface area contributed by atoms with Gasteiger partial charge in [0.2, 0.25) is 0 Å². The topological polar surface area (TPSA) is 41.9 Å². The number of rotatable bonds is 2. The number of ether oxygens (including phenoxy) is 1. The number of amides is 1. The molecule has 1 amide bonds. The Bertz CT molecular complexity index is 132. The van der Waals surface area contributed by atoms with Gasteiger partial charge in [0, 0.05) is 14.1 Å². The first-order chi connectivity index (χ1) is 4.66. The zero-order valence-electron chi connectivity index (χ0n) is 6.50. The van der Waals surface area contributed by atoms with Crippen LogP contribution in [0.15, 0.2) is 4.99 Å². The highest BCUT2D eigenvalue weighted by Gasteiger charge is 1.92. The van der Waals surface area contributed by atoms with Gasteiger partial charge in [0.25, 0.3) is 0 Å². The molecule has 0 saturated carbocycles. The SMILES string of the molecule is CCOC(=O)N=CN(C)C. The molecule has 0 aliphatic carbocycles. The summed E-state index contributed by atoms with van der Waals surface area (Å²) < 4.78 is 4.53. The van der Waals surface area contributed by atoms with Crippen molar-refractivity contribution in [3.8, 4) is 0 Å². The third-order valence-corrected chi connectivity index (χ3v) is 0.662. The van der Waals surface area contributed by atoms with E-state index in [9.17, 15) is 4.79 Å². The summed E-state index contributed by atoms with van der Waals surface area (Å²) in [6.07, 6.45) is 0.856. The lowest BCUT2D eigenvalue weighted by Gasteiger charge is -2.00. The van der Waals surface area contributed by atoms with Crippen molar-refractivity contribution >= 4 is 12.4 Å². The number of carbonyl (C=O) groups excluding carboxylic acids is 1. The zero-order valence-corrected chi connectivity index (χ0v) is 6.50. The van der Waals surface area contributed by atoms with Crippen LogP contribution in [0.2, 0.25) is 0 Å². The lowest BCUT2D eigenvalue weighted by Crippen LogP contribution is -2.10. The molecule has 0 atom stereocenters. The van der Waals surface area contributed by atoms with Crippen LogP contribution >= 0.6 is 0 Å². The van der Waals surface area contributed by atoms with E-state index in [1.54, 1.807) is 25.9 Å². The second-order valence-electron chi connectivity index (χ2n) is 1.91. The van der Waals surface area contributed by atoms with Crippen molar-refractivity contribution in [3.63, 3.8) is 0 Å². The molecule has 0 saturated heterocycles. The third kappa shape index (κ3) is 5.08. The van der Waals surface area contributed by atoms with Crippen LogP contribution in [0.4, 0.5) is 4.79 Å². The fourth-order valence-electron chi connectivity index (χ4n) is 0.323. The Hall–Kier alpha value is -1.06. The number of hydrogen-bond acceptors (Lipinski definition) is 2. The first-order valence-electron chi connectivity index (χ1n) is 3.04. The van der Waals surface area contributed by atoms with Gasteiger partial charge in [-0.25, -0.2) is 4.79 Å². The fraction of sp³-hybridized carbons (Fsp3) is 0.667. The smallest absolute Gasteiger partial charge is 0.434 e. The maximum Gasteiger partial charge on any atom is 0.434 e. The van der Waals surface area contributed by atoms with E-state index in [0.29, 0.717) is 6.61 Å². The van der Waals surface area contributed by atoms with Crippen molar-refractivity contribution in [1.82, 2.24) is 4.90 Å². The third-order valence-electron chi connectivity index (χ3n) is 0.662. The van der Waals surface area contributed by atoms with E-state index in [0.717, 1.165) is 0 Å². The van der Waals surface area contributed by atoms with Gasteiger partial charge in [-0.05, 0) is 6.92 Å². The molecule has 0 aromatic heterocycles. The monoisotopic (exact) mass is 144 g/mol. The zero-order chi connectivity index (χ0) is 7.98. The Morgan fingerprint density at radius 3 is 2.70 bits per heavy atom. The Kier molecular flexibility index (Phi) is 4.28. The van der Waals surface area contributed by atoms with E-state index in [4.69, 9.17) is 0 Å². The van der Waals surface area contributed by atoms with Gasteiger partial charge in [0.15, 0.2) is 0 Å².